The Morgan fingerprint density at radius 1 is 1.05 bits per heavy atom. The molecule has 5 nitrogen and oxygen atoms in total. The van der Waals surface area contributed by atoms with Crippen LogP contribution in [0, 0.1) is 0 Å². The van der Waals surface area contributed by atoms with E-state index in [0.717, 1.165) is 6.42 Å². The van der Waals surface area contributed by atoms with Crippen molar-refractivity contribution >= 4 is 11.7 Å². The van der Waals surface area contributed by atoms with Crippen molar-refractivity contribution in [2.45, 2.75) is 58.3 Å². The molecule has 0 aliphatic rings. The van der Waals surface area contributed by atoms with Crippen LogP contribution in [0.15, 0.2) is 12.4 Å². The van der Waals surface area contributed by atoms with Crippen molar-refractivity contribution in [3.05, 3.63) is 18.1 Å². The molecule has 0 aliphatic heterocycles. The number of nitrogens with zero attached hydrogens (tertiary/aromatic N) is 2. The van der Waals surface area contributed by atoms with Crippen LogP contribution in [0.3, 0.4) is 0 Å². The summed E-state index contributed by atoms with van der Waals surface area (Å²) in [5.41, 5.74) is 0.362. The quantitative estimate of drug-likeness (QED) is 0.613. The molecule has 0 aliphatic carbocycles. The summed E-state index contributed by atoms with van der Waals surface area (Å²) in [5.74, 6) is 0.456. The van der Waals surface area contributed by atoms with Gasteiger partial charge in [-0.3, -0.25) is 9.78 Å². The Morgan fingerprint density at radius 2 is 1.71 bits per heavy atom. The zero-order chi connectivity index (χ0) is 15.3. The molecule has 1 rings (SSSR count). The molecular weight excluding hydrogens is 264 g/mol. The second kappa shape index (κ2) is 11.1. The molecule has 2 N–H and O–H groups in total. The number of unbranched alkanes of at least 4 members (excludes halogenated alkanes) is 7. The van der Waals surface area contributed by atoms with Crippen LogP contribution >= 0.6 is 0 Å². The molecule has 0 saturated carbocycles. The molecule has 118 valence electrons. The molecule has 1 aromatic rings. The normalized spacial score (nSPS) is 10.4. The van der Waals surface area contributed by atoms with E-state index in [4.69, 9.17) is 0 Å². The molecule has 0 saturated heterocycles. The van der Waals surface area contributed by atoms with Gasteiger partial charge in [-0.25, -0.2) is 4.98 Å². The zero-order valence-corrected chi connectivity index (χ0v) is 13.3. The maximum absolute atomic E-state index is 11.9. The summed E-state index contributed by atoms with van der Waals surface area (Å²) in [5, 5.41) is 5.77. The van der Waals surface area contributed by atoms with Crippen LogP contribution in [0.1, 0.15) is 68.8 Å². The predicted molar refractivity (Wildman–Crippen MR) is 86.5 cm³/mol. The van der Waals surface area contributed by atoms with Gasteiger partial charge in [-0.2, -0.15) is 0 Å². The van der Waals surface area contributed by atoms with Crippen molar-refractivity contribution in [1.82, 2.24) is 15.3 Å². The molecule has 0 bridgehead atoms. The van der Waals surface area contributed by atoms with E-state index in [1.165, 1.54) is 51.1 Å². The van der Waals surface area contributed by atoms with Crippen molar-refractivity contribution in [3.63, 3.8) is 0 Å². The molecule has 0 aromatic carbocycles. The van der Waals surface area contributed by atoms with Gasteiger partial charge in [0.15, 0.2) is 0 Å². The van der Waals surface area contributed by atoms with Gasteiger partial charge in [0.25, 0.3) is 5.91 Å². The number of anilines is 1. The Balaban J connectivity index is 2.08. The predicted octanol–water partition coefficient (Wildman–Crippen LogP) is 3.39. The molecule has 0 unspecified atom stereocenters. The zero-order valence-electron chi connectivity index (χ0n) is 13.3. The molecule has 0 radical (unpaired) electrons. The Labute approximate surface area is 128 Å². The molecule has 1 heterocycles. The number of carbonyl (C=O) groups excluding carboxylic acids is 1. The maximum Gasteiger partial charge on any atom is 0.271 e. The SMILES string of the molecule is CCCCCCCCCCNC(=O)c1cncc(NC)n1. The summed E-state index contributed by atoms with van der Waals surface area (Å²) < 4.78 is 0. The van der Waals surface area contributed by atoms with E-state index < -0.39 is 0 Å². The van der Waals surface area contributed by atoms with Gasteiger partial charge in [0.2, 0.25) is 0 Å². The fourth-order valence-electron chi connectivity index (χ4n) is 2.15. The average Bonchev–Trinajstić information content (AvgIpc) is 2.53. The van der Waals surface area contributed by atoms with Gasteiger partial charge < -0.3 is 10.6 Å². The fourth-order valence-corrected chi connectivity index (χ4v) is 2.15. The second-order valence-electron chi connectivity index (χ2n) is 5.27. The van der Waals surface area contributed by atoms with Crippen LogP contribution < -0.4 is 10.6 Å². The Bertz CT molecular complexity index is 409. The minimum Gasteiger partial charge on any atom is -0.372 e. The van der Waals surface area contributed by atoms with Crippen LogP contribution in [0.5, 0.6) is 0 Å². The monoisotopic (exact) mass is 292 g/mol. The van der Waals surface area contributed by atoms with Gasteiger partial charge in [-0.05, 0) is 6.42 Å². The molecule has 0 atom stereocenters. The first kappa shape index (κ1) is 17.4. The Kier molecular flexibility index (Phi) is 9.16. The summed E-state index contributed by atoms with van der Waals surface area (Å²) >= 11 is 0. The van der Waals surface area contributed by atoms with Gasteiger partial charge in [0.05, 0.1) is 12.4 Å². The van der Waals surface area contributed by atoms with Gasteiger partial charge in [-0.1, -0.05) is 51.9 Å². The highest BCUT2D eigenvalue weighted by Crippen LogP contribution is 2.08. The molecule has 1 amide bonds. The van der Waals surface area contributed by atoms with Crippen LogP contribution in [0.2, 0.25) is 0 Å². The largest absolute Gasteiger partial charge is 0.372 e. The average molecular weight is 292 g/mol. The van der Waals surface area contributed by atoms with E-state index in [9.17, 15) is 4.79 Å². The van der Waals surface area contributed by atoms with Crippen molar-refractivity contribution < 1.29 is 4.79 Å². The van der Waals surface area contributed by atoms with E-state index in [1.54, 1.807) is 13.2 Å². The van der Waals surface area contributed by atoms with Crippen LogP contribution in [-0.4, -0.2) is 29.5 Å². The third-order valence-electron chi connectivity index (χ3n) is 3.44. The molecule has 21 heavy (non-hydrogen) atoms. The maximum atomic E-state index is 11.9. The van der Waals surface area contributed by atoms with Gasteiger partial charge in [0, 0.05) is 13.6 Å². The number of amides is 1. The number of hydrogen-bond donors (Lipinski definition) is 2. The topological polar surface area (TPSA) is 66.9 Å². The number of nitrogens with one attached hydrogen (secondary N) is 2. The summed E-state index contributed by atoms with van der Waals surface area (Å²) in [6.07, 6.45) is 13.2. The van der Waals surface area contributed by atoms with Crippen molar-refractivity contribution in [1.29, 1.82) is 0 Å². The molecule has 0 spiro atoms. The standard InChI is InChI=1S/C16H28N4O/c1-3-4-5-6-7-8-9-10-11-19-16(21)14-12-18-13-15(17-2)20-14/h12-13H,3-11H2,1-2H3,(H,17,20)(H,19,21). The van der Waals surface area contributed by atoms with E-state index in [-0.39, 0.29) is 5.91 Å². The molecule has 0 fully saturated rings. The van der Waals surface area contributed by atoms with E-state index in [1.807, 2.05) is 0 Å². The minimum absolute atomic E-state index is 0.150. The summed E-state index contributed by atoms with van der Waals surface area (Å²) in [6.45, 7) is 2.94. The third kappa shape index (κ3) is 7.63. The van der Waals surface area contributed by atoms with Gasteiger partial charge >= 0.3 is 0 Å². The number of rotatable bonds is 11. The third-order valence-corrected chi connectivity index (χ3v) is 3.44. The smallest absolute Gasteiger partial charge is 0.271 e. The number of carbonyl (C=O) groups is 1. The second-order valence-corrected chi connectivity index (χ2v) is 5.27. The van der Waals surface area contributed by atoms with Crippen LogP contribution in [0.25, 0.3) is 0 Å². The highest BCUT2D eigenvalue weighted by atomic mass is 16.1. The first-order chi connectivity index (χ1) is 10.3. The lowest BCUT2D eigenvalue weighted by atomic mass is 10.1. The summed E-state index contributed by atoms with van der Waals surface area (Å²) in [7, 11) is 1.76. The summed E-state index contributed by atoms with van der Waals surface area (Å²) in [4.78, 5) is 20.0. The molecule has 1 aromatic heterocycles. The fraction of sp³-hybridized carbons (Fsp3) is 0.688. The number of hydrogen-bond acceptors (Lipinski definition) is 4. The van der Waals surface area contributed by atoms with Crippen LogP contribution in [0.4, 0.5) is 5.82 Å². The molecule has 5 heteroatoms. The van der Waals surface area contributed by atoms with Crippen molar-refractivity contribution in [2.75, 3.05) is 18.9 Å². The van der Waals surface area contributed by atoms with Crippen molar-refractivity contribution in [2.24, 2.45) is 0 Å². The highest BCUT2D eigenvalue weighted by Gasteiger charge is 2.07. The Morgan fingerprint density at radius 3 is 2.38 bits per heavy atom. The molecular formula is C16H28N4O. The van der Waals surface area contributed by atoms with E-state index in [2.05, 4.69) is 27.5 Å². The van der Waals surface area contributed by atoms with E-state index >= 15 is 0 Å². The lowest BCUT2D eigenvalue weighted by Gasteiger charge is -2.06. The van der Waals surface area contributed by atoms with Crippen molar-refractivity contribution in [3.8, 4) is 0 Å². The van der Waals surface area contributed by atoms with Gasteiger partial charge in [-0.15, -0.1) is 0 Å². The number of aromatic nitrogens is 2. The van der Waals surface area contributed by atoms with Crippen LogP contribution in [-0.2, 0) is 0 Å². The summed E-state index contributed by atoms with van der Waals surface area (Å²) in [6, 6.07) is 0. The van der Waals surface area contributed by atoms with Gasteiger partial charge in [0.1, 0.15) is 11.5 Å². The van der Waals surface area contributed by atoms with E-state index in [0.29, 0.717) is 18.1 Å². The lowest BCUT2D eigenvalue weighted by molar-refractivity contribution is 0.0947. The first-order valence-corrected chi connectivity index (χ1v) is 8.06. The minimum atomic E-state index is -0.150. The lowest BCUT2D eigenvalue weighted by Crippen LogP contribution is -2.25. The first-order valence-electron chi connectivity index (χ1n) is 8.06. The highest BCUT2D eigenvalue weighted by molar-refractivity contribution is 5.92. The Hall–Kier alpha value is -1.65.